The van der Waals surface area contributed by atoms with Gasteiger partial charge in [-0.2, -0.15) is 0 Å². The van der Waals surface area contributed by atoms with Crippen molar-refractivity contribution in [3.05, 3.63) is 57.9 Å². The predicted molar refractivity (Wildman–Crippen MR) is 83.3 cm³/mol. The lowest BCUT2D eigenvalue weighted by Gasteiger charge is -2.09. The van der Waals surface area contributed by atoms with Gasteiger partial charge in [0.05, 0.1) is 22.6 Å². The number of imidazole rings is 1. The van der Waals surface area contributed by atoms with Crippen LogP contribution in [0, 0.1) is 3.57 Å². The molecule has 0 radical (unpaired) electrons. The fourth-order valence-electron chi connectivity index (χ4n) is 2.07. The predicted octanol–water partition coefficient (Wildman–Crippen LogP) is 4.37. The number of nitrogens with zero attached hydrogens (tertiary/aromatic N) is 2. The number of rotatable bonds is 2. The van der Waals surface area contributed by atoms with Gasteiger partial charge in [-0.15, -0.1) is 11.6 Å². The molecule has 18 heavy (non-hydrogen) atoms. The Balaban J connectivity index is 2.37. The molecule has 0 atom stereocenters. The van der Waals surface area contributed by atoms with E-state index in [1.807, 2.05) is 30.3 Å². The number of alkyl halides is 1. The number of fused-ring (bicyclic) bond motifs is 1. The molecule has 0 N–H and O–H groups in total. The highest BCUT2D eigenvalue weighted by molar-refractivity contribution is 14.1. The van der Waals surface area contributed by atoms with Crippen molar-refractivity contribution >= 4 is 45.2 Å². The van der Waals surface area contributed by atoms with E-state index in [4.69, 9.17) is 11.6 Å². The minimum Gasteiger partial charge on any atom is -0.294 e. The summed E-state index contributed by atoms with van der Waals surface area (Å²) in [6.07, 6.45) is 0. The van der Waals surface area contributed by atoms with Gasteiger partial charge in [-0.1, -0.05) is 24.3 Å². The summed E-state index contributed by atoms with van der Waals surface area (Å²) in [5.74, 6) is 1.28. The van der Waals surface area contributed by atoms with Crippen molar-refractivity contribution in [2.45, 2.75) is 5.88 Å². The Kier molecular flexibility index (Phi) is 3.26. The summed E-state index contributed by atoms with van der Waals surface area (Å²) < 4.78 is 3.31. The van der Waals surface area contributed by atoms with Gasteiger partial charge in [0, 0.05) is 3.57 Å². The minimum atomic E-state index is 0.402. The molecule has 0 saturated carbocycles. The molecule has 90 valence electrons. The van der Waals surface area contributed by atoms with Gasteiger partial charge in [-0.25, -0.2) is 4.98 Å². The molecule has 2 aromatic carbocycles. The Bertz CT molecular complexity index is 706. The fourth-order valence-corrected chi connectivity index (χ4v) is 2.88. The Morgan fingerprint density at radius 1 is 1.06 bits per heavy atom. The van der Waals surface area contributed by atoms with Crippen molar-refractivity contribution in [2.75, 3.05) is 0 Å². The maximum atomic E-state index is 6.02. The van der Waals surface area contributed by atoms with Crippen LogP contribution in [-0.2, 0) is 5.88 Å². The summed E-state index contributed by atoms with van der Waals surface area (Å²) in [6, 6.07) is 16.3. The van der Waals surface area contributed by atoms with E-state index in [2.05, 4.69) is 50.3 Å². The Morgan fingerprint density at radius 2 is 1.78 bits per heavy atom. The largest absolute Gasteiger partial charge is 0.294 e. The van der Waals surface area contributed by atoms with Crippen LogP contribution in [0.15, 0.2) is 48.5 Å². The second-order valence-electron chi connectivity index (χ2n) is 3.94. The summed E-state index contributed by atoms with van der Waals surface area (Å²) in [6.45, 7) is 0. The number of halogens is 2. The normalized spacial score (nSPS) is 11.0. The SMILES string of the molecule is ClCc1nc2ccccc2n1-c1ccccc1I. The van der Waals surface area contributed by atoms with Crippen LogP contribution in [0.25, 0.3) is 16.7 Å². The van der Waals surface area contributed by atoms with E-state index in [0.717, 1.165) is 22.5 Å². The molecule has 0 aliphatic rings. The molecule has 4 heteroatoms. The number of hydrogen-bond acceptors (Lipinski definition) is 1. The van der Waals surface area contributed by atoms with Crippen molar-refractivity contribution in [3.63, 3.8) is 0 Å². The zero-order valence-electron chi connectivity index (χ0n) is 9.48. The smallest absolute Gasteiger partial charge is 0.129 e. The first-order chi connectivity index (χ1) is 8.81. The molecule has 1 heterocycles. The van der Waals surface area contributed by atoms with Crippen LogP contribution in [0.5, 0.6) is 0 Å². The highest BCUT2D eigenvalue weighted by Crippen LogP contribution is 2.25. The van der Waals surface area contributed by atoms with Crippen molar-refractivity contribution in [2.24, 2.45) is 0 Å². The lowest BCUT2D eigenvalue weighted by molar-refractivity contribution is 0.977. The van der Waals surface area contributed by atoms with Crippen LogP contribution >= 0.6 is 34.2 Å². The van der Waals surface area contributed by atoms with Crippen LogP contribution < -0.4 is 0 Å². The zero-order valence-corrected chi connectivity index (χ0v) is 12.4. The van der Waals surface area contributed by atoms with Gasteiger partial charge in [-0.3, -0.25) is 4.57 Å². The summed E-state index contributed by atoms with van der Waals surface area (Å²) >= 11 is 8.36. The maximum absolute atomic E-state index is 6.02. The summed E-state index contributed by atoms with van der Waals surface area (Å²) in [4.78, 5) is 4.58. The summed E-state index contributed by atoms with van der Waals surface area (Å²) in [5.41, 5.74) is 3.20. The average molecular weight is 369 g/mol. The van der Waals surface area contributed by atoms with Crippen LogP contribution in [0.1, 0.15) is 5.82 Å². The van der Waals surface area contributed by atoms with Crippen LogP contribution in [0.4, 0.5) is 0 Å². The van der Waals surface area contributed by atoms with Crippen molar-refractivity contribution in [3.8, 4) is 5.69 Å². The first kappa shape index (κ1) is 12.0. The summed E-state index contributed by atoms with van der Waals surface area (Å²) in [5, 5.41) is 0. The van der Waals surface area contributed by atoms with Gasteiger partial charge in [0.2, 0.25) is 0 Å². The highest BCUT2D eigenvalue weighted by Gasteiger charge is 2.12. The van der Waals surface area contributed by atoms with E-state index in [1.165, 1.54) is 3.57 Å². The van der Waals surface area contributed by atoms with Crippen LogP contribution in [-0.4, -0.2) is 9.55 Å². The lowest BCUT2D eigenvalue weighted by Crippen LogP contribution is -2.01. The second-order valence-corrected chi connectivity index (χ2v) is 5.37. The Labute approximate surface area is 124 Å². The second kappa shape index (κ2) is 4.90. The van der Waals surface area contributed by atoms with Gasteiger partial charge < -0.3 is 0 Å². The van der Waals surface area contributed by atoms with Gasteiger partial charge in [-0.05, 0) is 46.9 Å². The zero-order chi connectivity index (χ0) is 12.5. The third kappa shape index (κ3) is 1.91. The molecule has 0 bridgehead atoms. The molecule has 0 amide bonds. The van der Waals surface area contributed by atoms with Crippen molar-refractivity contribution in [1.29, 1.82) is 0 Å². The summed E-state index contributed by atoms with van der Waals surface area (Å²) in [7, 11) is 0. The third-order valence-corrected chi connectivity index (χ3v) is 3.99. The monoisotopic (exact) mass is 368 g/mol. The van der Waals surface area contributed by atoms with E-state index >= 15 is 0 Å². The Hall–Kier alpha value is -1.07. The average Bonchev–Trinajstić information content (AvgIpc) is 2.78. The first-order valence-corrected chi connectivity index (χ1v) is 7.20. The molecule has 0 aliphatic heterocycles. The van der Waals surface area contributed by atoms with Gasteiger partial charge in [0.1, 0.15) is 5.82 Å². The minimum absolute atomic E-state index is 0.402. The number of hydrogen-bond donors (Lipinski definition) is 0. The molecule has 2 nitrogen and oxygen atoms in total. The fraction of sp³-hybridized carbons (Fsp3) is 0.0714. The molecule has 0 saturated heterocycles. The third-order valence-electron chi connectivity index (χ3n) is 2.84. The van der Waals surface area contributed by atoms with E-state index < -0.39 is 0 Å². The Morgan fingerprint density at radius 3 is 2.56 bits per heavy atom. The van der Waals surface area contributed by atoms with E-state index in [-0.39, 0.29) is 0 Å². The molecule has 3 rings (SSSR count). The standard InChI is InChI=1S/C14H10ClIN2/c15-9-14-17-11-6-2-4-8-13(11)18(14)12-7-3-1-5-10(12)16/h1-8H,9H2. The maximum Gasteiger partial charge on any atom is 0.129 e. The molecule has 3 aromatic rings. The topological polar surface area (TPSA) is 17.8 Å². The lowest BCUT2D eigenvalue weighted by atomic mass is 10.3. The number of para-hydroxylation sites is 3. The number of aromatic nitrogens is 2. The van der Waals surface area contributed by atoms with Crippen molar-refractivity contribution in [1.82, 2.24) is 9.55 Å². The van der Waals surface area contributed by atoms with Crippen LogP contribution in [0.3, 0.4) is 0 Å². The molecule has 1 aromatic heterocycles. The molecule has 0 unspecified atom stereocenters. The van der Waals surface area contributed by atoms with Gasteiger partial charge in [0.15, 0.2) is 0 Å². The van der Waals surface area contributed by atoms with E-state index in [9.17, 15) is 0 Å². The van der Waals surface area contributed by atoms with E-state index in [0.29, 0.717) is 5.88 Å². The van der Waals surface area contributed by atoms with E-state index in [1.54, 1.807) is 0 Å². The first-order valence-electron chi connectivity index (χ1n) is 5.58. The van der Waals surface area contributed by atoms with Crippen LogP contribution in [0.2, 0.25) is 0 Å². The van der Waals surface area contributed by atoms with Gasteiger partial charge >= 0.3 is 0 Å². The molecule has 0 fully saturated rings. The molecular weight excluding hydrogens is 359 g/mol. The molecule has 0 aliphatic carbocycles. The number of benzene rings is 2. The molecular formula is C14H10ClIN2. The van der Waals surface area contributed by atoms with Gasteiger partial charge in [0.25, 0.3) is 0 Å². The van der Waals surface area contributed by atoms with Crippen molar-refractivity contribution < 1.29 is 0 Å². The highest BCUT2D eigenvalue weighted by atomic mass is 127. The molecule has 0 spiro atoms. The quantitative estimate of drug-likeness (QED) is 0.485.